The quantitative estimate of drug-likeness (QED) is 0.791. The lowest BCUT2D eigenvalue weighted by Crippen LogP contribution is -2.26. The number of aryl methyl sites for hydroxylation is 2. The van der Waals surface area contributed by atoms with Gasteiger partial charge in [-0.2, -0.15) is 0 Å². The van der Waals surface area contributed by atoms with E-state index in [1.54, 1.807) is 0 Å². The van der Waals surface area contributed by atoms with Gasteiger partial charge in [0, 0.05) is 19.3 Å². The van der Waals surface area contributed by atoms with Crippen molar-refractivity contribution in [2.75, 3.05) is 13.2 Å². The van der Waals surface area contributed by atoms with Crippen LogP contribution in [-0.4, -0.2) is 33.6 Å². The molecule has 0 atom stereocenters. The summed E-state index contributed by atoms with van der Waals surface area (Å²) in [6.45, 7) is 4.67. The highest BCUT2D eigenvalue weighted by Crippen LogP contribution is 2.13. The molecular formula is C15H21N3O2. The Kier molecular flexibility index (Phi) is 4.74. The molecule has 2 rings (SSSR count). The molecule has 2 heterocycles. The lowest BCUT2D eigenvalue weighted by molar-refractivity contribution is 0.0946. The van der Waals surface area contributed by atoms with E-state index in [4.69, 9.17) is 5.11 Å². The molecular weight excluding hydrogens is 254 g/mol. The van der Waals surface area contributed by atoms with Crippen LogP contribution in [0.5, 0.6) is 0 Å². The summed E-state index contributed by atoms with van der Waals surface area (Å²) < 4.78 is 1.84. The van der Waals surface area contributed by atoms with Crippen molar-refractivity contribution in [3.05, 3.63) is 35.3 Å². The topological polar surface area (TPSA) is 66.6 Å². The number of hydrogen-bond acceptors (Lipinski definition) is 3. The SMILES string of the molecule is Cc1ccc2nc(C)c(C(=O)NCCCCCO)n2c1. The van der Waals surface area contributed by atoms with Crippen LogP contribution in [0.3, 0.4) is 0 Å². The molecule has 2 N–H and O–H groups in total. The van der Waals surface area contributed by atoms with Crippen molar-refractivity contribution >= 4 is 11.6 Å². The number of carbonyl (C=O) groups excluding carboxylic acids is 1. The number of nitrogens with zero attached hydrogens (tertiary/aromatic N) is 2. The summed E-state index contributed by atoms with van der Waals surface area (Å²) in [6.07, 6.45) is 4.50. The van der Waals surface area contributed by atoms with Gasteiger partial charge in [0.05, 0.1) is 5.69 Å². The van der Waals surface area contributed by atoms with E-state index in [9.17, 15) is 4.79 Å². The van der Waals surface area contributed by atoms with Gasteiger partial charge in [-0.25, -0.2) is 4.98 Å². The average Bonchev–Trinajstić information content (AvgIpc) is 2.73. The third-order valence-corrected chi connectivity index (χ3v) is 3.28. The summed E-state index contributed by atoms with van der Waals surface area (Å²) in [5, 5.41) is 11.6. The Morgan fingerprint density at radius 2 is 2.10 bits per heavy atom. The standard InChI is InChI=1S/C15H21N3O2/c1-11-6-7-13-17-12(2)14(18(13)10-11)15(20)16-8-4-3-5-9-19/h6-7,10,19H,3-5,8-9H2,1-2H3,(H,16,20). The number of aliphatic hydroxyl groups is 1. The minimum Gasteiger partial charge on any atom is -0.396 e. The number of nitrogens with one attached hydrogen (secondary N) is 1. The fourth-order valence-electron chi connectivity index (χ4n) is 2.24. The highest BCUT2D eigenvalue weighted by Gasteiger charge is 2.15. The highest BCUT2D eigenvalue weighted by atomic mass is 16.2. The lowest BCUT2D eigenvalue weighted by Gasteiger charge is -2.06. The molecule has 0 aliphatic carbocycles. The van der Waals surface area contributed by atoms with Crippen LogP contribution in [0.4, 0.5) is 0 Å². The maximum absolute atomic E-state index is 12.3. The van der Waals surface area contributed by atoms with Crippen LogP contribution in [0, 0.1) is 13.8 Å². The van der Waals surface area contributed by atoms with E-state index in [-0.39, 0.29) is 12.5 Å². The van der Waals surface area contributed by atoms with Crippen molar-refractivity contribution in [1.29, 1.82) is 0 Å². The van der Waals surface area contributed by atoms with E-state index in [1.807, 2.05) is 36.6 Å². The fraction of sp³-hybridized carbons (Fsp3) is 0.467. The second kappa shape index (κ2) is 6.52. The molecule has 0 spiro atoms. The van der Waals surface area contributed by atoms with Crippen LogP contribution < -0.4 is 5.32 Å². The molecule has 20 heavy (non-hydrogen) atoms. The summed E-state index contributed by atoms with van der Waals surface area (Å²) in [5.74, 6) is -0.0930. The Morgan fingerprint density at radius 1 is 1.30 bits per heavy atom. The largest absolute Gasteiger partial charge is 0.396 e. The Hall–Kier alpha value is -1.88. The summed E-state index contributed by atoms with van der Waals surface area (Å²) in [5.41, 5.74) is 3.22. The lowest BCUT2D eigenvalue weighted by atomic mass is 10.2. The predicted octanol–water partition coefficient (Wildman–Crippen LogP) is 1.84. The Morgan fingerprint density at radius 3 is 2.85 bits per heavy atom. The zero-order valence-electron chi connectivity index (χ0n) is 12.0. The maximum atomic E-state index is 12.3. The van der Waals surface area contributed by atoms with Crippen LogP contribution in [0.2, 0.25) is 0 Å². The molecule has 5 nitrogen and oxygen atoms in total. The third-order valence-electron chi connectivity index (χ3n) is 3.28. The normalized spacial score (nSPS) is 10.9. The van der Waals surface area contributed by atoms with Gasteiger partial charge in [-0.3, -0.25) is 9.20 Å². The summed E-state index contributed by atoms with van der Waals surface area (Å²) in [7, 11) is 0. The first-order valence-electron chi connectivity index (χ1n) is 6.98. The third kappa shape index (κ3) is 3.17. The van der Waals surface area contributed by atoms with E-state index in [0.717, 1.165) is 36.2 Å². The van der Waals surface area contributed by atoms with Crippen molar-refractivity contribution in [3.8, 4) is 0 Å². The van der Waals surface area contributed by atoms with Crippen molar-refractivity contribution in [1.82, 2.24) is 14.7 Å². The summed E-state index contributed by atoms with van der Waals surface area (Å²) in [6, 6.07) is 3.90. The van der Waals surface area contributed by atoms with Gasteiger partial charge in [0.15, 0.2) is 0 Å². The molecule has 0 unspecified atom stereocenters. The maximum Gasteiger partial charge on any atom is 0.270 e. The molecule has 0 fully saturated rings. The number of unbranched alkanes of at least 4 members (excludes halogenated alkanes) is 2. The van der Waals surface area contributed by atoms with Crippen molar-refractivity contribution < 1.29 is 9.90 Å². The molecule has 0 radical (unpaired) electrons. The molecule has 2 aromatic rings. The van der Waals surface area contributed by atoms with E-state index >= 15 is 0 Å². The Bertz CT molecular complexity index is 604. The molecule has 1 amide bonds. The highest BCUT2D eigenvalue weighted by molar-refractivity contribution is 5.94. The number of pyridine rings is 1. The molecule has 5 heteroatoms. The van der Waals surface area contributed by atoms with Gasteiger partial charge in [0.2, 0.25) is 0 Å². The summed E-state index contributed by atoms with van der Waals surface area (Å²) >= 11 is 0. The molecule has 108 valence electrons. The van der Waals surface area contributed by atoms with Gasteiger partial charge in [-0.1, -0.05) is 6.07 Å². The number of carbonyl (C=O) groups is 1. The van der Waals surface area contributed by atoms with Gasteiger partial charge >= 0.3 is 0 Å². The first-order chi connectivity index (χ1) is 9.63. The van der Waals surface area contributed by atoms with Crippen LogP contribution in [0.1, 0.15) is 41.0 Å². The minimum absolute atomic E-state index is 0.0930. The van der Waals surface area contributed by atoms with Gasteiger partial charge in [0.1, 0.15) is 11.3 Å². The van der Waals surface area contributed by atoms with Crippen LogP contribution >= 0.6 is 0 Å². The zero-order chi connectivity index (χ0) is 14.5. The minimum atomic E-state index is -0.0930. The van der Waals surface area contributed by atoms with E-state index in [1.165, 1.54) is 0 Å². The number of aliphatic hydroxyl groups excluding tert-OH is 1. The number of amides is 1. The first-order valence-corrected chi connectivity index (χ1v) is 6.98. The predicted molar refractivity (Wildman–Crippen MR) is 77.9 cm³/mol. The van der Waals surface area contributed by atoms with Gasteiger partial charge in [0.25, 0.3) is 5.91 Å². The van der Waals surface area contributed by atoms with Crippen LogP contribution in [-0.2, 0) is 0 Å². The van der Waals surface area contributed by atoms with E-state index < -0.39 is 0 Å². The number of rotatable bonds is 6. The Labute approximate surface area is 118 Å². The Balaban J connectivity index is 2.09. The number of imidazole rings is 1. The van der Waals surface area contributed by atoms with Crippen LogP contribution in [0.15, 0.2) is 18.3 Å². The fourth-order valence-corrected chi connectivity index (χ4v) is 2.24. The zero-order valence-corrected chi connectivity index (χ0v) is 12.0. The molecule has 2 aromatic heterocycles. The average molecular weight is 275 g/mol. The molecule has 0 aliphatic heterocycles. The number of aromatic nitrogens is 2. The molecule has 0 bridgehead atoms. The number of fused-ring (bicyclic) bond motifs is 1. The van der Waals surface area contributed by atoms with Gasteiger partial charge in [-0.15, -0.1) is 0 Å². The second-order valence-electron chi connectivity index (χ2n) is 5.02. The molecule has 0 saturated heterocycles. The van der Waals surface area contributed by atoms with E-state index in [2.05, 4.69) is 10.3 Å². The monoisotopic (exact) mass is 275 g/mol. The molecule has 0 saturated carbocycles. The van der Waals surface area contributed by atoms with Crippen molar-refractivity contribution in [3.63, 3.8) is 0 Å². The van der Waals surface area contributed by atoms with Gasteiger partial charge < -0.3 is 10.4 Å². The number of hydrogen-bond donors (Lipinski definition) is 2. The molecule has 0 aliphatic rings. The second-order valence-corrected chi connectivity index (χ2v) is 5.02. The summed E-state index contributed by atoms with van der Waals surface area (Å²) in [4.78, 5) is 16.7. The van der Waals surface area contributed by atoms with Crippen molar-refractivity contribution in [2.24, 2.45) is 0 Å². The van der Waals surface area contributed by atoms with E-state index in [0.29, 0.717) is 12.2 Å². The van der Waals surface area contributed by atoms with Crippen molar-refractivity contribution in [2.45, 2.75) is 33.1 Å². The van der Waals surface area contributed by atoms with Gasteiger partial charge in [-0.05, 0) is 44.7 Å². The smallest absolute Gasteiger partial charge is 0.270 e. The molecule has 0 aromatic carbocycles. The van der Waals surface area contributed by atoms with Crippen LogP contribution in [0.25, 0.3) is 5.65 Å². The first kappa shape index (κ1) is 14.5.